The summed E-state index contributed by atoms with van der Waals surface area (Å²) in [4.78, 5) is 25.9. The van der Waals surface area contributed by atoms with Crippen LogP contribution in [0.4, 0.5) is 0 Å². The normalized spacial score (nSPS) is 25.7. The monoisotopic (exact) mass is 743 g/mol. The van der Waals surface area contributed by atoms with Crippen LogP contribution in [0.3, 0.4) is 0 Å². The van der Waals surface area contributed by atoms with E-state index in [-0.39, 0.29) is 48.8 Å². The molecule has 0 saturated carbocycles. The van der Waals surface area contributed by atoms with Crippen molar-refractivity contribution >= 4 is 11.9 Å². The van der Waals surface area contributed by atoms with E-state index in [1.54, 1.807) is 26.0 Å². The van der Waals surface area contributed by atoms with Crippen LogP contribution in [-0.4, -0.2) is 80.2 Å². The van der Waals surface area contributed by atoms with Gasteiger partial charge in [-0.05, 0) is 92.4 Å². The molecule has 0 fully saturated rings. The second-order valence-electron chi connectivity index (χ2n) is 15.6. The van der Waals surface area contributed by atoms with Crippen LogP contribution in [0, 0.1) is 17.8 Å². The highest BCUT2D eigenvalue weighted by molar-refractivity contribution is 5.82. The predicted molar refractivity (Wildman–Crippen MR) is 213 cm³/mol. The lowest BCUT2D eigenvalue weighted by atomic mass is 9.89. The lowest BCUT2D eigenvalue weighted by molar-refractivity contribution is -0.152. The van der Waals surface area contributed by atoms with Crippen molar-refractivity contribution in [1.29, 1.82) is 0 Å². The Morgan fingerprint density at radius 1 is 0.906 bits per heavy atom. The van der Waals surface area contributed by atoms with E-state index in [9.17, 15) is 35.1 Å². The highest BCUT2D eigenvalue weighted by Crippen LogP contribution is 2.27. The molecule has 300 valence electrons. The van der Waals surface area contributed by atoms with Crippen LogP contribution < -0.4 is 0 Å². The van der Waals surface area contributed by atoms with Crippen LogP contribution in [0.15, 0.2) is 82.5 Å². The maximum atomic E-state index is 12.9. The molecule has 10 atom stereocenters. The molecule has 0 amide bonds. The summed E-state index contributed by atoms with van der Waals surface area (Å²) >= 11 is 0. The molecule has 9 nitrogen and oxygen atoms in total. The third-order valence-electron chi connectivity index (χ3n) is 9.48. The average Bonchev–Trinajstić information content (AvgIpc) is 3.03. The second kappa shape index (κ2) is 25.1. The molecule has 53 heavy (non-hydrogen) atoms. The number of cyclic esters (lactones) is 1. The Kier molecular flexibility index (Phi) is 22.7. The predicted octanol–water partition coefficient (Wildman–Crippen LogP) is 7.54. The smallest absolute Gasteiger partial charge is 0.331 e. The molecule has 1 aliphatic heterocycles. The number of rotatable bonds is 17. The van der Waals surface area contributed by atoms with Gasteiger partial charge in [-0.1, -0.05) is 97.2 Å². The maximum absolute atomic E-state index is 12.9. The van der Waals surface area contributed by atoms with E-state index >= 15 is 0 Å². The Labute approximate surface area is 319 Å². The first kappa shape index (κ1) is 47.9. The van der Waals surface area contributed by atoms with Gasteiger partial charge in [0.05, 0.1) is 30.5 Å². The lowest BCUT2D eigenvalue weighted by Crippen LogP contribution is -2.28. The van der Waals surface area contributed by atoms with Crippen molar-refractivity contribution in [2.75, 3.05) is 0 Å². The summed E-state index contributed by atoms with van der Waals surface area (Å²) in [5, 5.41) is 49.4. The van der Waals surface area contributed by atoms with Crippen LogP contribution in [0.25, 0.3) is 0 Å². The number of hydrogen-bond acceptors (Lipinski definition) is 9. The maximum Gasteiger partial charge on any atom is 0.331 e. The number of carbonyl (C=O) groups is 2. The minimum absolute atomic E-state index is 0.0587. The first-order chi connectivity index (χ1) is 24.8. The highest BCUT2D eigenvalue weighted by Gasteiger charge is 2.26. The molecule has 0 aliphatic carbocycles. The molecule has 0 radical (unpaired) electrons. The Morgan fingerprint density at radius 2 is 1.55 bits per heavy atom. The first-order valence-corrected chi connectivity index (χ1v) is 19.3. The highest BCUT2D eigenvalue weighted by atomic mass is 16.5. The van der Waals surface area contributed by atoms with Gasteiger partial charge in [-0.15, -0.1) is 0 Å². The van der Waals surface area contributed by atoms with Crippen molar-refractivity contribution in [2.45, 2.75) is 163 Å². The van der Waals surface area contributed by atoms with Gasteiger partial charge in [-0.3, -0.25) is 4.79 Å². The Hall–Kier alpha value is -3.08. The number of allylic oxidation sites excluding steroid dienone is 10. The van der Waals surface area contributed by atoms with Crippen molar-refractivity contribution < 1.29 is 44.6 Å². The summed E-state index contributed by atoms with van der Waals surface area (Å²) < 4.78 is 11.9. The van der Waals surface area contributed by atoms with Gasteiger partial charge in [0.15, 0.2) is 0 Å². The van der Waals surface area contributed by atoms with E-state index in [0.717, 1.165) is 40.7 Å². The quantitative estimate of drug-likeness (QED) is 0.0440. The summed E-state index contributed by atoms with van der Waals surface area (Å²) in [5.74, 6) is -0.659. The summed E-state index contributed by atoms with van der Waals surface area (Å²) in [6.45, 7) is 19.1. The molecule has 5 N–H and O–H groups in total. The zero-order chi connectivity index (χ0) is 40.2. The van der Waals surface area contributed by atoms with Crippen molar-refractivity contribution in [3.05, 3.63) is 82.5 Å². The molecule has 1 heterocycles. The van der Waals surface area contributed by atoms with Crippen LogP contribution in [0.1, 0.15) is 121 Å². The molecule has 9 heteroatoms. The Morgan fingerprint density at radius 3 is 2.19 bits per heavy atom. The molecule has 0 saturated heterocycles. The summed E-state index contributed by atoms with van der Waals surface area (Å²) in [6, 6.07) is 0. The molecule has 0 aromatic rings. The first-order valence-electron chi connectivity index (χ1n) is 19.3. The third-order valence-corrected chi connectivity index (χ3v) is 9.48. The standard InChI is InChI=1S/C44H70O9/c1-28(13-11-14-29(2)25-39(48)40(49)27-37(10)46)21-30(3)18-20-44(51)52-41-15-12-16-43(50)53-42(19-17-31(4)22-34(41)7)35(8)24-32(5)23-33(6)38(47)26-36(9)45/h11,13-14,17-18,20-21,23,25,33-42,45-49H,12,15-16,19,22,24,26-27H2,1-10H3/b14-11+,20-18+,28-13+,29-25+,30-21-,31-17-,32-23+. The second-order valence-corrected chi connectivity index (χ2v) is 15.6. The fourth-order valence-electron chi connectivity index (χ4n) is 6.52. The van der Waals surface area contributed by atoms with E-state index in [4.69, 9.17) is 9.47 Å². The van der Waals surface area contributed by atoms with E-state index in [1.165, 1.54) is 6.08 Å². The molecule has 0 aromatic carbocycles. The zero-order valence-electron chi connectivity index (χ0n) is 34.0. The van der Waals surface area contributed by atoms with Crippen molar-refractivity contribution in [3.63, 3.8) is 0 Å². The van der Waals surface area contributed by atoms with Crippen molar-refractivity contribution in [1.82, 2.24) is 0 Å². The van der Waals surface area contributed by atoms with E-state index in [1.807, 2.05) is 65.0 Å². The van der Waals surface area contributed by atoms with Crippen LogP contribution in [0.2, 0.25) is 0 Å². The van der Waals surface area contributed by atoms with Crippen molar-refractivity contribution in [2.24, 2.45) is 17.8 Å². The topological polar surface area (TPSA) is 154 Å². The number of carbonyl (C=O) groups excluding carboxylic acids is 2. The Bertz CT molecular complexity index is 1350. The van der Waals surface area contributed by atoms with Gasteiger partial charge in [-0.25, -0.2) is 4.79 Å². The Balaban J connectivity index is 2.86. The van der Waals surface area contributed by atoms with E-state index < -0.39 is 36.5 Å². The lowest BCUT2D eigenvalue weighted by Gasteiger charge is -2.27. The van der Waals surface area contributed by atoms with Crippen molar-refractivity contribution in [3.8, 4) is 0 Å². The van der Waals surface area contributed by atoms with Crippen LogP contribution >= 0.6 is 0 Å². The minimum atomic E-state index is -1.07. The zero-order valence-corrected chi connectivity index (χ0v) is 34.0. The van der Waals surface area contributed by atoms with Gasteiger partial charge in [0.25, 0.3) is 0 Å². The molecule has 1 rings (SSSR count). The molecule has 0 spiro atoms. The number of aliphatic hydroxyl groups is 5. The fourth-order valence-corrected chi connectivity index (χ4v) is 6.52. The largest absolute Gasteiger partial charge is 0.462 e. The number of hydrogen-bond donors (Lipinski definition) is 5. The fraction of sp³-hybridized carbons (Fsp3) is 0.636. The molecule has 0 aromatic heterocycles. The molecular formula is C44H70O9. The number of aliphatic hydroxyl groups excluding tert-OH is 5. The van der Waals surface area contributed by atoms with Gasteiger partial charge >= 0.3 is 11.9 Å². The SMILES string of the molecule is CC(=C/C(C)=C/C=C/C(C)=C/C(O)C(O)CC(C)O)/C=C/C(=O)OC1CCCC(=O)OC(C(C)C/C(C)=C/C(C)C(O)CC(C)O)C/C=C(/C)CC1C. The van der Waals surface area contributed by atoms with Gasteiger partial charge in [0.1, 0.15) is 12.2 Å². The van der Waals surface area contributed by atoms with Gasteiger partial charge in [-0.2, -0.15) is 0 Å². The molecule has 10 unspecified atom stereocenters. The summed E-state index contributed by atoms with van der Waals surface area (Å²) in [7, 11) is 0. The van der Waals surface area contributed by atoms with E-state index in [0.29, 0.717) is 25.7 Å². The third kappa shape index (κ3) is 21.4. The van der Waals surface area contributed by atoms with Crippen LogP contribution in [-0.2, 0) is 19.1 Å². The molecule has 0 bridgehead atoms. The number of esters is 2. The molecular weight excluding hydrogens is 672 g/mol. The van der Waals surface area contributed by atoms with Crippen LogP contribution in [0.5, 0.6) is 0 Å². The average molecular weight is 743 g/mol. The van der Waals surface area contributed by atoms with Gasteiger partial charge < -0.3 is 35.0 Å². The minimum Gasteiger partial charge on any atom is -0.462 e. The summed E-state index contributed by atoms with van der Waals surface area (Å²) in [6.07, 6.45) is 15.5. The van der Waals surface area contributed by atoms with E-state index in [2.05, 4.69) is 26.8 Å². The molecule has 1 aliphatic rings. The van der Waals surface area contributed by atoms with Gasteiger partial charge in [0.2, 0.25) is 0 Å². The summed E-state index contributed by atoms with van der Waals surface area (Å²) in [5.41, 5.74) is 4.84. The van der Waals surface area contributed by atoms with Gasteiger partial charge in [0, 0.05) is 31.3 Å². The number of ether oxygens (including phenoxy) is 2.